The lowest BCUT2D eigenvalue weighted by Crippen LogP contribution is -2.25. The van der Waals surface area contributed by atoms with Crippen LogP contribution in [0.15, 0.2) is 30.5 Å². The van der Waals surface area contributed by atoms with Gasteiger partial charge >= 0.3 is 0 Å². The van der Waals surface area contributed by atoms with Gasteiger partial charge in [-0.2, -0.15) is 0 Å². The lowest BCUT2D eigenvalue weighted by atomic mass is 9.98. The number of hydrogen-bond acceptors (Lipinski definition) is 8. The van der Waals surface area contributed by atoms with Gasteiger partial charge in [0, 0.05) is 35.4 Å². The zero-order chi connectivity index (χ0) is 25.1. The van der Waals surface area contributed by atoms with E-state index in [9.17, 15) is 8.42 Å². The first kappa shape index (κ1) is 26.3. The molecule has 3 rings (SSSR count). The molecule has 34 heavy (non-hydrogen) atoms. The van der Waals surface area contributed by atoms with Crippen molar-refractivity contribution >= 4 is 44.6 Å². The van der Waals surface area contributed by atoms with Crippen molar-refractivity contribution in [3.05, 3.63) is 40.5 Å². The average molecular weight is 523 g/mol. The Morgan fingerprint density at radius 3 is 2.59 bits per heavy atom. The zero-order valence-corrected chi connectivity index (χ0v) is 22.4. The highest BCUT2D eigenvalue weighted by atomic mass is 35.5. The van der Waals surface area contributed by atoms with E-state index in [1.54, 1.807) is 24.4 Å². The van der Waals surface area contributed by atoms with Crippen LogP contribution in [0, 0.1) is 0 Å². The monoisotopic (exact) mass is 522 g/mol. The van der Waals surface area contributed by atoms with E-state index in [1.807, 2.05) is 19.9 Å². The number of anilines is 2. The fourth-order valence-electron chi connectivity index (χ4n) is 3.09. The van der Waals surface area contributed by atoms with Crippen molar-refractivity contribution in [3.63, 3.8) is 0 Å². The fourth-order valence-corrected chi connectivity index (χ4v) is 5.53. The molecule has 3 aromatic rings. The average Bonchev–Trinajstić information content (AvgIpc) is 3.19. The SMILES string of the molecule is CCCS(=O)(=O)Nc1ccc(Cl)c(-c2nc(C(C)(C)C)sc2-c2ccnc(NCC(C)N)n2)c1. The Bertz CT molecular complexity index is 1250. The molecule has 0 fully saturated rings. The van der Waals surface area contributed by atoms with Gasteiger partial charge in [0.05, 0.1) is 32.0 Å². The standard InChI is InChI=1S/C23H31ClN6O2S2/c1-6-11-34(31,32)30-15-7-8-17(24)16(12-15)19-20(33-21(29-19)23(3,4)5)18-9-10-26-22(28-18)27-13-14(2)25/h7-10,12,14,30H,6,11,13,25H2,1-5H3,(H,26,27,28). The third-order valence-electron chi connectivity index (χ3n) is 4.71. The number of benzene rings is 1. The van der Waals surface area contributed by atoms with Crippen LogP contribution in [0.4, 0.5) is 11.6 Å². The highest BCUT2D eigenvalue weighted by Crippen LogP contribution is 2.43. The number of thiazole rings is 1. The largest absolute Gasteiger partial charge is 0.353 e. The predicted octanol–water partition coefficient (Wildman–Crippen LogP) is 5.13. The maximum absolute atomic E-state index is 12.3. The molecule has 0 aliphatic rings. The second-order valence-electron chi connectivity index (χ2n) is 9.19. The number of halogens is 1. The molecule has 1 unspecified atom stereocenters. The van der Waals surface area contributed by atoms with Gasteiger partial charge < -0.3 is 11.1 Å². The van der Waals surface area contributed by atoms with Crippen molar-refractivity contribution in [1.82, 2.24) is 15.0 Å². The Hall–Kier alpha value is -2.27. The number of sulfonamides is 1. The summed E-state index contributed by atoms with van der Waals surface area (Å²) >= 11 is 8.12. The highest BCUT2D eigenvalue weighted by molar-refractivity contribution is 7.92. The molecule has 1 atom stereocenters. The van der Waals surface area contributed by atoms with Crippen LogP contribution in [0.2, 0.25) is 5.02 Å². The molecule has 2 heterocycles. The van der Waals surface area contributed by atoms with Gasteiger partial charge in [-0.1, -0.05) is 39.3 Å². The minimum Gasteiger partial charge on any atom is -0.353 e. The first-order valence-corrected chi connectivity index (χ1v) is 13.9. The lowest BCUT2D eigenvalue weighted by Gasteiger charge is -2.13. The molecular formula is C23H31ClN6O2S2. The van der Waals surface area contributed by atoms with Crippen molar-refractivity contribution in [1.29, 1.82) is 0 Å². The van der Waals surface area contributed by atoms with Crippen LogP contribution in [-0.4, -0.2) is 41.7 Å². The smallest absolute Gasteiger partial charge is 0.232 e. The van der Waals surface area contributed by atoms with Crippen LogP contribution in [0.3, 0.4) is 0 Å². The van der Waals surface area contributed by atoms with Crippen LogP contribution < -0.4 is 15.8 Å². The molecule has 0 amide bonds. The van der Waals surface area contributed by atoms with Crippen molar-refractivity contribution in [2.75, 3.05) is 22.3 Å². The normalized spacial score (nSPS) is 13.0. The minimum atomic E-state index is -3.45. The number of nitrogens with zero attached hydrogens (tertiary/aromatic N) is 3. The summed E-state index contributed by atoms with van der Waals surface area (Å²) in [7, 11) is -3.45. The summed E-state index contributed by atoms with van der Waals surface area (Å²) in [4.78, 5) is 14.7. The molecule has 0 aliphatic carbocycles. The van der Waals surface area contributed by atoms with Gasteiger partial charge in [0.2, 0.25) is 16.0 Å². The summed E-state index contributed by atoms with van der Waals surface area (Å²) in [5.41, 5.74) is 8.05. The first-order valence-electron chi connectivity index (χ1n) is 11.0. The summed E-state index contributed by atoms with van der Waals surface area (Å²) in [6.45, 7) is 10.5. The third-order valence-corrected chi connectivity index (χ3v) is 8.03. The van der Waals surface area contributed by atoms with Crippen LogP contribution in [0.25, 0.3) is 21.8 Å². The van der Waals surface area contributed by atoms with Gasteiger partial charge in [0.25, 0.3) is 0 Å². The Kier molecular flexibility index (Phi) is 8.18. The second kappa shape index (κ2) is 10.6. The molecule has 0 bridgehead atoms. The van der Waals surface area contributed by atoms with Crippen LogP contribution in [0.5, 0.6) is 0 Å². The summed E-state index contributed by atoms with van der Waals surface area (Å²) in [6, 6.07) is 6.82. The molecule has 0 aliphatic heterocycles. The van der Waals surface area contributed by atoms with Crippen molar-refractivity contribution in [2.45, 2.75) is 52.5 Å². The van der Waals surface area contributed by atoms with E-state index < -0.39 is 10.0 Å². The maximum atomic E-state index is 12.3. The quantitative estimate of drug-likeness (QED) is 0.356. The summed E-state index contributed by atoms with van der Waals surface area (Å²) in [6.07, 6.45) is 2.21. The topological polar surface area (TPSA) is 123 Å². The van der Waals surface area contributed by atoms with E-state index in [2.05, 4.69) is 40.8 Å². The predicted molar refractivity (Wildman–Crippen MR) is 142 cm³/mol. The van der Waals surface area contributed by atoms with Crippen molar-refractivity contribution < 1.29 is 8.42 Å². The first-order chi connectivity index (χ1) is 15.9. The molecule has 184 valence electrons. The van der Waals surface area contributed by atoms with Crippen LogP contribution >= 0.6 is 22.9 Å². The van der Waals surface area contributed by atoms with E-state index in [1.165, 1.54) is 11.3 Å². The number of nitrogens with one attached hydrogen (secondary N) is 2. The maximum Gasteiger partial charge on any atom is 0.232 e. The van der Waals surface area contributed by atoms with Gasteiger partial charge in [-0.3, -0.25) is 4.72 Å². The van der Waals surface area contributed by atoms with Gasteiger partial charge in [0.1, 0.15) is 0 Å². The van der Waals surface area contributed by atoms with E-state index in [0.717, 1.165) is 9.88 Å². The Morgan fingerprint density at radius 1 is 1.21 bits per heavy atom. The second-order valence-corrected chi connectivity index (χ2v) is 12.4. The molecule has 2 aromatic heterocycles. The summed E-state index contributed by atoms with van der Waals surface area (Å²) < 4.78 is 27.3. The number of rotatable bonds is 9. The molecule has 0 saturated carbocycles. The number of nitrogens with two attached hydrogens (primary N) is 1. The van der Waals surface area contributed by atoms with E-state index in [-0.39, 0.29) is 17.2 Å². The summed E-state index contributed by atoms with van der Waals surface area (Å²) in [5.74, 6) is 0.512. The Morgan fingerprint density at radius 2 is 1.94 bits per heavy atom. The minimum absolute atomic E-state index is 0.0409. The third kappa shape index (κ3) is 6.65. The lowest BCUT2D eigenvalue weighted by molar-refractivity contribution is 0.586. The van der Waals surface area contributed by atoms with E-state index in [0.29, 0.717) is 46.6 Å². The Balaban J connectivity index is 2.12. The Labute approximate surface area is 210 Å². The number of aromatic nitrogens is 3. The molecule has 8 nitrogen and oxygen atoms in total. The van der Waals surface area contributed by atoms with Crippen molar-refractivity contribution in [3.8, 4) is 21.8 Å². The molecule has 11 heteroatoms. The molecule has 4 N–H and O–H groups in total. The molecular weight excluding hydrogens is 492 g/mol. The summed E-state index contributed by atoms with van der Waals surface area (Å²) in [5, 5.41) is 4.52. The van der Waals surface area contributed by atoms with Gasteiger partial charge in [-0.25, -0.2) is 23.4 Å². The molecule has 0 saturated heterocycles. The van der Waals surface area contributed by atoms with Gasteiger partial charge in [-0.15, -0.1) is 11.3 Å². The molecule has 1 aromatic carbocycles. The van der Waals surface area contributed by atoms with E-state index >= 15 is 0 Å². The highest BCUT2D eigenvalue weighted by Gasteiger charge is 2.25. The molecule has 0 radical (unpaired) electrons. The van der Waals surface area contributed by atoms with Crippen LogP contribution in [0.1, 0.15) is 46.0 Å². The molecule has 0 spiro atoms. The zero-order valence-electron chi connectivity index (χ0n) is 20.0. The van der Waals surface area contributed by atoms with Gasteiger partial charge in [-0.05, 0) is 37.6 Å². The fraction of sp³-hybridized carbons (Fsp3) is 0.435. The van der Waals surface area contributed by atoms with Crippen molar-refractivity contribution in [2.24, 2.45) is 5.73 Å². The number of hydrogen-bond donors (Lipinski definition) is 3. The van der Waals surface area contributed by atoms with Gasteiger partial charge in [0.15, 0.2) is 0 Å². The van der Waals surface area contributed by atoms with E-state index in [4.69, 9.17) is 22.3 Å². The van der Waals surface area contributed by atoms with Crippen LogP contribution in [-0.2, 0) is 15.4 Å².